The van der Waals surface area contributed by atoms with E-state index in [9.17, 15) is 22.9 Å². The molecule has 0 saturated heterocycles. The van der Waals surface area contributed by atoms with Crippen molar-refractivity contribution < 1.29 is 17.7 Å². The Morgan fingerprint density at radius 1 is 1.17 bits per heavy atom. The molecule has 2 rings (SSSR count). The van der Waals surface area contributed by atoms with E-state index in [2.05, 4.69) is 4.72 Å². The molecule has 122 valence electrons. The molecule has 6 nitrogen and oxygen atoms in total. The number of rotatable bonds is 6. The number of benzene rings is 2. The molecule has 2 aromatic rings. The van der Waals surface area contributed by atoms with Gasteiger partial charge in [0.2, 0.25) is 10.0 Å². The van der Waals surface area contributed by atoms with E-state index < -0.39 is 20.6 Å². The second kappa shape index (κ2) is 7.03. The summed E-state index contributed by atoms with van der Waals surface area (Å²) >= 11 is 5.65. The minimum absolute atomic E-state index is 0.0738. The Bertz CT molecular complexity index is 825. The zero-order valence-electron chi connectivity index (χ0n) is 11.7. The highest BCUT2D eigenvalue weighted by molar-refractivity contribution is 7.89. The third kappa shape index (κ3) is 4.47. The number of nitro benzene ring substituents is 1. The molecule has 0 spiro atoms. The van der Waals surface area contributed by atoms with Gasteiger partial charge in [0, 0.05) is 12.6 Å². The predicted molar refractivity (Wildman–Crippen MR) is 83.4 cm³/mol. The van der Waals surface area contributed by atoms with Gasteiger partial charge >= 0.3 is 0 Å². The van der Waals surface area contributed by atoms with Crippen LogP contribution < -0.4 is 4.72 Å². The van der Waals surface area contributed by atoms with Crippen LogP contribution in [0, 0.1) is 15.9 Å². The first-order valence-corrected chi connectivity index (χ1v) is 8.34. The highest BCUT2D eigenvalue weighted by Gasteiger charge is 2.20. The van der Waals surface area contributed by atoms with Crippen LogP contribution in [0.15, 0.2) is 47.4 Å². The van der Waals surface area contributed by atoms with E-state index in [1.54, 1.807) is 12.1 Å². The number of hydrogen-bond donors (Lipinski definition) is 1. The van der Waals surface area contributed by atoms with Crippen LogP contribution in [0.5, 0.6) is 0 Å². The van der Waals surface area contributed by atoms with Crippen LogP contribution in [0.2, 0.25) is 5.02 Å². The molecule has 0 unspecified atom stereocenters. The molecule has 0 aliphatic carbocycles. The molecule has 9 heteroatoms. The zero-order chi connectivity index (χ0) is 17.0. The predicted octanol–water partition coefficient (Wildman–Crippen LogP) is 2.91. The van der Waals surface area contributed by atoms with Gasteiger partial charge in [-0.3, -0.25) is 10.1 Å². The van der Waals surface area contributed by atoms with Crippen LogP contribution in [-0.4, -0.2) is 19.9 Å². The van der Waals surface area contributed by atoms with Gasteiger partial charge in [-0.15, -0.1) is 0 Å². The standard InChI is InChI=1S/C14H12ClFN2O4S/c15-13-6-5-12(9-14(13)18(19)20)23(21,22)17-8-7-10-1-3-11(16)4-2-10/h1-6,9,17H,7-8H2. The minimum Gasteiger partial charge on any atom is -0.258 e. The summed E-state index contributed by atoms with van der Waals surface area (Å²) < 4.78 is 39.4. The van der Waals surface area contributed by atoms with Crippen molar-refractivity contribution in [3.05, 3.63) is 69.0 Å². The molecule has 0 amide bonds. The number of hydrogen-bond acceptors (Lipinski definition) is 4. The third-order valence-corrected chi connectivity index (χ3v) is 4.82. The Morgan fingerprint density at radius 2 is 1.83 bits per heavy atom. The van der Waals surface area contributed by atoms with Crippen molar-refractivity contribution in [3.63, 3.8) is 0 Å². The first kappa shape index (κ1) is 17.3. The topological polar surface area (TPSA) is 89.3 Å². The van der Waals surface area contributed by atoms with Crippen molar-refractivity contribution in [2.75, 3.05) is 6.54 Å². The van der Waals surface area contributed by atoms with Gasteiger partial charge in [0.1, 0.15) is 10.8 Å². The van der Waals surface area contributed by atoms with E-state index >= 15 is 0 Å². The number of nitrogens with one attached hydrogen (secondary N) is 1. The maximum atomic E-state index is 12.8. The van der Waals surface area contributed by atoms with Crippen molar-refractivity contribution >= 4 is 27.3 Å². The number of sulfonamides is 1. The van der Waals surface area contributed by atoms with E-state index in [0.29, 0.717) is 6.42 Å². The first-order valence-electron chi connectivity index (χ1n) is 6.47. The van der Waals surface area contributed by atoms with Crippen LogP contribution in [0.25, 0.3) is 0 Å². The van der Waals surface area contributed by atoms with E-state index in [-0.39, 0.29) is 22.3 Å². The average molecular weight is 359 g/mol. The lowest BCUT2D eigenvalue weighted by atomic mass is 10.1. The van der Waals surface area contributed by atoms with Crippen molar-refractivity contribution in [2.45, 2.75) is 11.3 Å². The molecule has 0 heterocycles. The normalized spacial score (nSPS) is 11.4. The van der Waals surface area contributed by atoms with E-state index in [1.807, 2.05) is 0 Å². The molecular weight excluding hydrogens is 347 g/mol. The summed E-state index contributed by atoms with van der Waals surface area (Å²) in [5.74, 6) is -0.372. The summed E-state index contributed by atoms with van der Waals surface area (Å²) in [4.78, 5) is 9.81. The molecule has 2 aromatic carbocycles. The summed E-state index contributed by atoms with van der Waals surface area (Å²) in [5, 5.41) is 10.7. The molecule has 0 fully saturated rings. The second-order valence-electron chi connectivity index (χ2n) is 4.64. The largest absolute Gasteiger partial charge is 0.289 e. The van der Waals surface area contributed by atoms with Crippen LogP contribution in [0.4, 0.5) is 10.1 Å². The Morgan fingerprint density at radius 3 is 2.43 bits per heavy atom. The summed E-state index contributed by atoms with van der Waals surface area (Å²) in [7, 11) is -3.90. The summed E-state index contributed by atoms with van der Waals surface area (Å²) in [6, 6.07) is 8.93. The molecule has 0 aliphatic heterocycles. The number of nitrogens with zero attached hydrogens (tertiary/aromatic N) is 1. The van der Waals surface area contributed by atoms with Crippen molar-refractivity contribution in [3.8, 4) is 0 Å². The zero-order valence-corrected chi connectivity index (χ0v) is 13.3. The highest BCUT2D eigenvalue weighted by Crippen LogP contribution is 2.26. The molecule has 0 saturated carbocycles. The van der Waals surface area contributed by atoms with E-state index in [1.165, 1.54) is 18.2 Å². The van der Waals surface area contributed by atoms with Gasteiger partial charge in [-0.2, -0.15) is 0 Å². The smallest absolute Gasteiger partial charge is 0.258 e. The van der Waals surface area contributed by atoms with E-state index in [4.69, 9.17) is 11.6 Å². The first-order chi connectivity index (χ1) is 10.8. The molecule has 23 heavy (non-hydrogen) atoms. The fraction of sp³-hybridized carbons (Fsp3) is 0.143. The molecule has 0 aromatic heterocycles. The molecule has 1 N–H and O–H groups in total. The van der Waals surface area contributed by atoms with Gasteiger partial charge in [0.25, 0.3) is 5.69 Å². The minimum atomic E-state index is -3.90. The molecule has 0 atom stereocenters. The maximum Gasteiger partial charge on any atom is 0.289 e. The maximum absolute atomic E-state index is 12.8. The monoisotopic (exact) mass is 358 g/mol. The molecule has 0 radical (unpaired) electrons. The van der Waals surface area contributed by atoms with Gasteiger partial charge in [0.15, 0.2) is 0 Å². The van der Waals surface area contributed by atoms with Crippen molar-refractivity contribution in [1.82, 2.24) is 4.72 Å². The Kier molecular flexibility index (Phi) is 5.30. The fourth-order valence-corrected chi connectivity index (χ4v) is 3.10. The Labute approximate surface area is 137 Å². The highest BCUT2D eigenvalue weighted by atomic mass is 35.5. The van der Waals surface area contributed by atoms with Gasteiger partial charge in [-0.1, -0.05) is 23.7 Å². The lowest BCUT2D eigenvalue weighted by Crippen LogP contribution is -2.26. The van der Waals surface area contributed by atoms with Crippen LogP contribution >= 0.6 is 11.6 Å². The lowest BCUT2D eigenvalue weighted by molar-refractivity contribution is -0.384. The molecular formula is C14H12ClFN2O4S. The van der Waals surface area contributed by atoms with Crippen molar-refractivity contribution in [2.24, 2.45) is 0 Å². The van der Waals surface area contributed by atoms with Crippen molar-refractivity contribution in [1.29, 1.82) is 0 Å². The van der Waals surface area contributed by atoms with Gasteiger partial charge < -0.3 is 0 Å². The van der Waals surface area contributed by atoms with Gasteiger partial charge in [-0.05, 0) is 36.2 Å². The summed E-state index contributed by atoms with van der Waals surface area (Å²) in [6.07, 6.45) is 0.356. The number of halogens is 2. The van der Waals surface area contributed by atoms with Gasteiger partial charge in [0.05, 0.1) is 9.82 Å². The fourth-order valence-electron chi connectivity index (χ4n) is 1.86. The average Bonchev–Trinajstić information content (AvgIpc) is 2.49. The van der Waals surface area contributed by atoms with E-state index in [0.717, 1.165) is 17.7 Å². The Balaban J connectivity index is 2.08. The van der Waals surface area contributed by atoms with Crippen LogP contribution in [0.1, 0.15) is 5.56 Å². The number of nitro groups is 1. The molecule has 0 aliphatic rings. The SMILES string of the molecule is O=[N+]([O-])c1cc(S(=O)(=O)NCCc2ccc(F)cc2)ccc1Cl. The van der Waals surface area contributed by atoms with Crippen LogP contribution in [-0.2, 0) is 16.4 Å². The van der Waals surface area contributed by atoms with Gasteiger partial charge in [-0.25, -0.2) is 17.5 Å². The quantitative estimate of drug-likeness (QED) is 0.635. The second-order valence-corrected chi connectivity index (χ2v) is 6.82. The summed E-state index contributed by atoms with van der Waals surface area (Å²) in [6.45, 7) is 0.0738. The summed E-state index contributed by atoms with van der Waals surface area (Å²) in [5.41, 5.74) is 0.282. The Hall–Kier alpha value is -2.03. The van der Waals surface area contributed by atoms with Crippen LogP contribution in [0.3, 0.4) is 0 Å². The lowest BCUT2D eigenvalue weighted by Gasteiger charge is -2.07. The molecule has 0 bridgehead atoms. The third-order valence-electron chi connectivity index (χ3n) is 3.04.